The lowest BCUT2D eigenvalue weighted by Gasteiger charge is -2.04. The molecule has 1 N–H and O–H groups in total. The molecule has 1 aromatic heterocycles. The Kier molecular flexibility index (Phi) is 3.29. The lowest BCUT2D eigenvalue weighted by molar-refractivity contribution is 0.0956. The molecule has 0 aliphatic heterocycles. The Hall–Kier alpha value is -2.49. The standard InChI is InChI=1S/C16H15N3O/c1-11-7-8-13(10-11)18-19-16(20)14-6-2-4-12-5-3-9-17-15(12)14/h2-6,9-10H,7-8H2,1H3,(H,19,20). The van der Waals surface area contributed by atoms with Gasteiger partial charge in [0, 0.05) is 11.6 Å². The van der Waals surface area contributed by atoms with E-state index in [9.17, 15) is 4.79 Å². The number of hydrazone groups is 1. The maximum Gasteiger partial charge on any atom is 0.273 e. The van der Waals surface area contributed by atoms with Gasteiger partial charge in [-0.25, -0.2) is 5.43 Å². The van der Waals surface area contributed by atoms with Crippen LogP contribution in [0.1, 0.15) is 30.1 Å². The monoisotopic (exact) mass is 265 g/mol. The molecular weight excluding hydrogens is 250 g/mol. The second-order valence-electron chi connectivity index (χ2n) is 4.92. The van der Waals surface area contributed by atoms with Crippen LogP contribution in [0.4, 0.5) is 0 Å². The lowest BCUT2D eigenvalue weighted by atomic mass is 10.1. The van der Waals surface area contributed by atoms with Gasteiger partial charge in [0.25, 0.3) is 5.91 Å². The minimum absolute atomic E-state index is 0.222. The number of rotatable bonds is 2. The molecular formula is C16H15N3O. The van der Waals surface area contributed by atoms with E-state index in [1.54, 1.807) is 12.3 Å². The van der Waals surface area contributed by atoms with E-state index in [0.717, 1.165) is 23.9 Å². The van der Waals surface area contributed by atoms with E-state index in [1.807, 2.05) is 30.3 Å². The van der Waals surface area contributed by atoms with Crippen molar-refractivity contribution in [3.05, 3.63) is 53.7 Å². The molecule has 0 saturated heterocycles. The maximum absolute atomic E-state index is 12.2. The van der Waals surface area contributed by atoms with Crippen molar-refractivity contribution in [3.63, 3.8) is 0 Å². The quantitative estimate of drug-likeness (QED) is 0.848. The van der Waals surface area contributed by atoms with Crippen LogP contribution >= 0.6 is 0 Å². The van der Waals surface area contributed by atoms with Crippen LogP contribution in [0.2, 0.25) is 0 Å². The highest BCUT2D eigenvalue weighted by atomic mass is 16.2. The van der Waals surface area contributed by atoms with Crippen molar-refractivity contribution >= 4 is 22.5 Å². The maximum atomic E-state index is 12.2. The predicted octanol–water partition coefficient (Wildman–Crippen LogP) is 3.06. The predicted molar refractivity (Wildman–Crippen MR) is 79.6 cm³/mol. The van der Waals surface area contributed by atoms with Gasteiger partial charge in [0.2, 0.25) is 0 Å². The Balaban J connectivity index is 1.86. The molecule has 2 aromatic rings. The average molecular weight is 265 g/mol. The summed E-state index contributed by atoms with van der Waals surface area (Å²) in [5.41, 5.74) is 6.08. The van der Waals surface area contributed by atoms with Crippen LogP contribution < -0.4 is 5.43 Å². The molecule has 4 nitrogen and oxygen atoms in total. The third kappa shape index (κ3) is 2.45. The Morgan fingerprint density at radius 2 is 2.10 bits per heavy atom. The van der Waals surface area contributed by atoms with Crippen molar-refractivity contribution in [2.75, 3.05) is 0 Å². The average Bonchev–Trinajstić information content (AvgIpc) is 2.90. The third-order valence-corrected chi connectivity index (χ3v) is 3.37. The number of carbonyl (C=O) groups excluding carboxylic acids is 1. The second kappa shape index (κ2) is 5.25. The fourth-order valence-electron chi connectivity index (χ4n) is 2.31. The van der Waals surface area contributed by atoms with Gasteiger partial charge in [-0.05, 0) is 38.0 Å². The molecule has 100 valence electrons. The molecule has 0 unspecified atom stereocenters. The van der Waals surface area contributed by atoms with Crippen molar-refractivity contribution in [1.82, 2.24) is 10.4 Å². The molecule has 1 amide bonds. The number of fused-ring (bicyclic) bond motifs is 1. The van der Waals surface area contributed by atoms with Gasteiger partial charge in [-0.2, -0.15) is 5.10 Å². The zero-order valence-corrected chi connectivity index (χ0v) is 11.3. The van der Waals surface area contributed by atoms with E-state index >= 15 is 0 Å². The summed E-state index contributed by atoms with van der Waals surface area (Å²) in [6.45, 7) is 2.07. The van der Waals surface area contributed by atoms with Gasteiger partial charge >= 0.3 is 0 Å². The van der Waals surface area contributed by atoms with E-state index in [2.05, 4.69) is 22.4 Å². The molecule has 0 spiro atoms. The first-order valence-corrected chi connectivity index (χ1v) is 6.62. The van der Waals surface area contributed by atoms with Crippen molar-refractivity contribution in [2.45, 2.75) is 19.8 Å². The molecule has 20 heavy (non-hydrogen) atoms. The first-order chi connectivity index (χ1) is 9.74. The number of nitrogens with one attached hydrogen (secondary N) is 1. The topological polar surface area (TPSA) is 54.4 Å². The first kappa shape index (κ1) is 12.5. The van der Waals surface area contributed by atoms with Gasteiger partial charge in [0.05, 0.1) is 16.8 Å². The van der Waals surface area contributed by atoms with Crippen molar-refractivity contribution in [2.24, 2.45) is 5.10 Å². The summed E-state index contributed by atoms with van der Waals surface area (Å²) >= 11 is 0. The number of para-hydroxylation sites is 1. The summed E-state index contributed by atoms with van der Waals surface area (Å²) < 4.78 is 0. The van der Waals surface area contributed by atoms with Gasteiger partial charge in [-0.1, -0.05) is 23.8 Å². The molecule has 3 rings (SSSR count). The van der Waals surface area contributed by atoms with Crippen LogP contribution in [-0.2, 0) is 0 Å². The normalized spacial score (nSPS) is 16.4. The van der Waals surface area contributed by atoms with Gasteiger partial charge in [0.15, 0.2) is 0 Å². The van der Waals surface area contributed by atoms with Crippen molar-refractivity contribution in [3.8, 4) is 0 Å². The fraction of sp³-hybridized carbons (Fsp3) is 0.188. The molecule has 0 radical (unpaired) electrons. The molecule has 1 aliphatic rings. The molecule has 0 atom stereocenters. The zero-order valence-electron chi connectivity index (χ0n) is 11.3. The van der Waals surface area contributed by atoms with Gasteiger partial charge in [0.1, 0.15) is 0 Å². The van der Waals surface area contributed by atoms with Crippen LogP contribution in [0.25, 0.3) is 10.9 Å². The Labute approximate surface area is 117 Å². The van der Waals surface area contributed by atoms with E-state index < -0.39 is 0 Å². The van der Waals surface area contributed by atoms with Crippen LogP contribution in [0.3, 0.4) is 0 Å². The smallest absolute Gasteiger partial charge is 0.267 e. The second-order valence-corrected chi connectivity index (χ2v) is 4.92. The van der Waals surface area contributed by atoms with Crippen LogP contribution in [0, 0.1) is 0 Å². The molecule has 0 bridgehead atoms. The Bertz CT molecular complexity index is 726. The highest BCUT2D eigenvalue weighted by Gasteiger charge is 2.11. The van der Waals surface area contributed by atoms with Gasteiger partial charge in [-0.15, -0.1) is 0 Å². The van der Waals surface area contributed by atoms with E-state index in [1.165, 1.54) is 5.57 Å². The summed E-state index contributed by atoms with van der Waals surface area (Å²) in [5.74, 6) is -0.222. The van der Waals surface area contributed by atoms with Gasteiger partial charge < -0.3 is 0 Å². The van der Waals surface area contributed by atoms with E-state index in [0.29, 0.717) is 11.1 Å². The number of hydrogen-bond acceptors (Lipinski definition) is 3. The van der Waals surface area contributed by atoms with Crippen LogP contribution in [0.5, 0.6) is 0 Å². The van der Waals surface area contributed by atoms with Crippen molar-refractivity contribution < 1.29 is 4.79 Å². The lowest BCUT2D eigenvalue weighted by Crippen LogP contribution is -2.19. The van der Waals surface area contributed by atoms with Gasteiger partial charge in [-0.3, -0.25) is 9.78 Å². The fourth-order valence-corrected chi connectivity index (χ4v) is 2.31. The number of benzene rings is 1. The Morgan fingerprint density at radius 3 is 2.90 bits per heavy atom. The third-order valence-electron chi connectivity index (χ3n) is 3.37. The summed E-state index contributed by atoms with van der Waals surface area (Å²) in [7, 11) is 0. The Morgan fingerprint density at radius 1 is 1.25 bits per heavy atom. The van der Waals surface area contributed by atoms with E-state index in [-0.39, 0.29) is 5.91 Å². The highest BCUT2D eigenvalue weighted by Crippen LogP contribution is 2.16. The molecule has 0 saturated carbocycles. The largest absolute Gasteiger partial charge is 0.273 e. The van der Waals surface area contributed by atoms with Crippen LogP contribution in [0.15, 0.2) is 53.3 Å². The summed E-state index contributed by atoms with van der Waals surface area (Å²) in [4.78, 5) is 16.5. The minimum atomic E-state index is -0.222. The molecule has 1 aliphatic carbocycles. The number of hydrogen-bond donors (Lipinski definition) is 1. The number of aromatic nitrogens is 1. The molecule has 4 heteroatoms. The minimum Gasteiger partial charge on any atom is -0.267 e. The SMILES string of the molecule is CC1=CC(=NNC(=O)c2cccc3cccnc23)CC1. The number of nitrogens with zero attached hydrogens (tertiary/aromatic N) is 2. The van der Waals surface area contributed by atoms with E-state index in [4.69, 9.17) is 0 Å². The van der Waals surface area contributed by atoms with Crippen LogP contribution in [-0.4, -0.2) is 16.6 Å². The summed E-state index contributed by atoms with van der Waals surface area (Å²) in [6.07, 6.45) is 5.61. The molecule has 1 aromatic carbocycles. The number of carbonyl (C=O) groups is 1. The summed E-state index contributed by atoms with van der Waals surface area (Å²) in [5, 5.41) is 5.12. The molecule has 0 fully saturated rings. The number of amides is 1. The number of pyridine rings is 1. The summed E-state index contributed by atoms with van der Waals surface area (Å²) in [6, 6.07) is 9.35. The number of allylic oxidation sites excluding steroid dienone is 2. The zero-order chi connectivity index (χ0) is 13.9. The molecule has 1 heterocycles. The first-order valence-electron chi connectivity index (χ1n) is 6.62. The van der Waals surface area contributed by atoms with Crippen molar-refractivity contribution in [1.29, 1.82) is 0 Å². The highest BCUT2D eigenvalue weighted by molar-refractivity contribution is 6.06.